The van der Waals surface area contributed by atoms with E-state index in [0.29, 0.717) is 12.0 Å². The van der Waals surface area contributed by atoms with E-state index in [0.717, 1.165) is 19.0 Å². The second-order valence-corrected chi connectivity index (χ2v) is 4.55. The van der Waals surface area contributed by atoms with E-state index >= 15 is 0 Å². The third kappa shape index (κ3) is 3.67. The molecule has 1 aliphatic carbocycles. The molecule has 4 nitrogen and oxygen atoms in total. The number of hydrogen-bond acceptors (Lipinski definition) is 2. The number of rotatable bonds is 6. The molecule has 0 unspecified atom stereocenters. The van der Waals surface area contributed by atoms with Crippen LogP contribution in [0, 0.1) is 5.41 Å². The Morgan fingerprint density at radius 3 is 2.56 bits per heavy atom. The molecule has 0 spiro atoms. The molecule has 2 N–H and O–H groups in total. The molecule has 0 amide bonds. The van der Waals surface area contributed by atoms with Gasteiger partial charge < -0.3 is 15.4 Å². The highest BCUT2D eigenvalue weighted by molar-refractivity contribution is 5.79. The van der Waals surface area contributed by atoms with Gasteiger partial charge in [0.1, 0.15) is 0 Å². The minimum Gasteiger partial charge on any atom is -0.383 e. The van der Waals surface area contributed by atoms with Gasteiger partial charge in [0.25, 0.3) is 0 Å². The molecule has 4 heteroatoms. The number of methoxy groups -OCH3 is 1. The van der Waals surface area contributed by atoms with Crippen LogP contribution in [0.15, 0.2) is 4.99 Å². The maximum atomic E-state index is 4.99. The van der Waals surface area contributed by atoms with Gasteiger partial charge in [-0.05, 0) is 24.7 Å². The zero-order valence-electron chi connectivity index (χ0n) is 10.8. The number of nitrogens with zero attached hydrogens (tertiary/aromatic N) is 1. The van der Waals surface area contributed by atoms with Crippen LogP contribution in [0.3, 0.4) is 0 Å². The summed E-state index contributed by atoms with van der Waals surface area (Å²) >= 11 is 0. The van der Waals surface area contributed by atoms with Crippen LogP contribution in [0.5, 0.6) is 0 Å². The van der Waals surface area contributed by atoms with Crippen LogP contribution in [0.4, 0.5) is 0 Å². The summed E-state index contributed by atoms with van der Waals surface area (Å²) in [5, 5.41) is 6.63. The predicted molar refractivity (Wildman–Crippen MR) is 67.8 cm³/mol. The fraction of sp³-hybridized carbons (Fsp3) is 0.917. The Kier molecular flexibility index (Phi) is 5.60. The first kappa shape index (κ1) is 13.3. The van der Waals surface area contributed by atoms with E-state index in [2.05, 4.69) is 22.5 Å². The third-order valence-electron chi connectivity index (χ3n) is 3.62. The van der Waals surface area contributed by atoms with E-state index in [1.807, 2.05) is 7.05 Å². The quantitative estimate of drug-likeness (QED) is 0.409. The molecular weight excluding hydrogens is 202 g/mol. The summed E-state index contributed by atoms with van der Waals surface area (Å²) in [6, 6.07) is 0. The molecule has 0 heterocycles. The molecule has 0 aromatic rings. The Hall–Kier alpha value is -0.770. The smallest absolute Gasteiger partial charge is 0.191 e. The SMILES string of the molecule is CCC1(CNC(=NC)NCCOC)CCC1. The summed E-state index contributed by atoms with van der Waals surface area (Å²) in [5.74, 6) is 0.886. The Morgan fingerprint density at radius 1 is 1.38 bits per heavy atom. The molecule has 0 aromatic heterocycles. The molecule has 1 saturated carbocycles. The lowest BCUT2D eigenvalue weighted by Gasteiger charge is -2.41. The van der Waals surface area contributed by atoms with E-state index in [1.54, 1.807) is 7.11 Å². The van der Waals surface area contributed by atoms with Gasteiger partial charge in [-0.25, -0.2) is 0 Å². The van der Waals surface area contributed by atoms with Crippen LogP contribution in [-0.2, 0) is 4.74 Å². The number of aliphatic imine (C=N–C) groups is 1. The topological polar surface area (TPSA) is 45.7 Å². The summed E-state index contributed by atoms with van der Waals surface area (Å²) in [7, 11) is 3.51. The average Bonchev–Trinajstić information content (AvgIpc) is 2.26. The Morgan fingerprint density at radius 2 is 2.12 bits per heavy atom. The van der Waals surface area contributed by atoms with Crippen LogP contribution in [0.25, 0.3) is 0 Å². The van der Waals surface area contributed by atoms with Gasteiger partial charge in [0.05, 0.1) is 6.61 Å². The highest BCUT2D eigenvalue weighted by atomic mass is 16.5. The second kappa shape index (κ2) is 6.74. The first-order chi connectivity index (χ1) is 7.76. The summed E-state index contributed by atoms with van der Waals surface area (Å²) in [5.41, 5.74) is 0.527. The van der Waals surface area contributed by atoms with E-state index in [9.17, 15) is 0 Å². The zero-order valence-corrected chi connectivity index (χ0v) is 10.8. The van der Waals surface area contributed by atoms with Gasteiger partial charge in [0.2, 0.25) is 0 Å². The molecule has 0 bridgehead atoms. The predicted octanol–water partition coefficient (Wildman–Crippen LogP) is 1.38. The monoisotopic (exact) mass is 227 g/mol. The minimum atomic E-state index is 0.527. The fourth-order valence-corrected chi connectivity index (χ4v) is 2.10. The van der Waals surface area contributed by atoms with Crippen molar-refractivity contribution in [3.05, 3.63) is 0 Å². The summed E-state index contributed by atoms with van der Waals surface area (Å²) in [6.07, 6.45) is 5.34. The highest BCUT2D eigenvalue weighted by Crippen LogP contribution is 2.42. The summed E-state index contributed by atoms with van der Waals surface area (Å²) in [4.78, 5) is 4.19. The van der Waals surface area contributed by atoms with Crippen molar-refractivity contribution in [2.75, 3.05) is 33.9 Å². The van der Waals surface area contributed by atoms with Gasteiger partial charge in [0, 0.05) is 27.2 Å². The maximum absolute atomic E-state index is 4.99. The molecule has 0 atom stereocenters. The molecule has 94 valence electrons. The Balaban J connectivity index is 2.23. The van der Waals surface area contributed by atoms with Crippen LogP contribution in [0.2, 0.25) is 0 Å². The summed E-state index contributed by atoms with van der Waals surface area (Å²) < 4.78 is 4.99. The van der Waals surface area contributed by atoms with Crippen molar-refractivity contribution in [1.29, 1.82) is 0 Å². The molecule has 0 saturated heterocycles. The van der Waals surface area contributed by atoms with Crippen LogP contribution in [0.1, 0.15) is 32.6 Å². The van der Waals surface area contributed by atoms with Crippen LogP contribution in [-0.4, -0.2) is 39.8 Å². The number of ether oxygens (including phenoxy) is 1. The Bertz CT molecular complexity index is 219. The molecule has 0 aliphatic heterocycles. The van der Waals surface area contributed by atoms with Gasteiger partial charge in [0.15, 0.2) is 5.96 Å². The van der Waals surface area contributed by atoms with E-state index in [-0.39, 0.29) is 0 Å². The lowest BCUT2D eigenvalue weighted by molar-refractivity contribution is 0.131. The number of hydrogen-bond donors (Lipinski definition) is 2. The standard InChI is InChI=1S/C12H25N3O/c1-4-12(6-5-7-12)10-15-11(13-2)14-8-9-16-3/h4-10H2,1-3H3,(H2,13,14,15). The van der Waals surface area contributed by atoms with Crippen LogP contribution >= 0.6 is 0 Å². The van der Waals surface area contributed by atoms with Crippen molar-refractivity contribution < 1.29 is 4.74 Å². The lowest BCUT2D eigenvalue weighted by atomic mass is 9.67. The van der Waals surface area contributed by atoms with Gasteiger partial charge >= 0.3 is 0 Å². The summed E-state index contributed by atoms with van der Waals surface area (Å²) in [6.45, 7) is 4.83. The fourth-order valence-electron chi connectivity index (χ4n) is 2.10. The average molecular weight is 227 g/mol. The van der Waals surface area contributed by atoms with Gasteiger partial charge in [-0.15, -0.1) is 0 Å². The minimum absolute atomic E-state index is 0.527. The molecule has 0 aromatic carbocycles. The van der Waals surface area contributed by atoms with E-state index in [1.165, 1.54) is 25.7 Å². The molecule has 1 fully saturated rings. The number of guanidine groups is 1. The van der Waals surface area contributed by atoms with Crippen molar-refractivity contribution in [2.24, 2.45) is 10.4 Å². The van der Waals surface area contributed by atoms with E-state index in [4.69, 9.17) is 4.74 Å². The zero-order chi connectivity index (χ0) is 11.9. The number of nitrogens with one attached hydrogen (secondary N) is 2. The molecular formula is C12H25N3O. The van der Waals surface area contributed by atoms with Crippen molar-refractivity contribution in [1.82, 2.24) is 10.6 Å². The Labute approximate surface area is 98.9 Å². The van der Waals surface area contributed by atoms with Gasteiger partial charge in [-0.3, -0.25) is 4.99 Å². The first-order valence-corrected chi connectivity index (χ1v) is 6.20. The highest BCUT2D eigenvalue weighted by Gasteiger charge is 2.34. The largest absolute Gasteiger partial charge is 0.383 e. The maximum Gasteiger partial charge on any atom is 0.191 e. The second-order valence-electron chi connectivity index (χ2n) is 4.55. The first-order valence-electron chi connectivity index (χ1n) is 6.20. The van der Waals surface area contributed by atoms with Crippen molar-refractivity contribution in [3.8, 4) is 0 Å². The van der Waals surface area contributed by atoms with E-state index < -0.39 is 0 Å². The molecule has 1 rings (SSSR count). The third-order valence-corrected chi connectivity index (χ3v) is 3.62. The van der Waals surface area contributed by atoms with Gasteiger partial charge in [-0.2, -0.15) is 0 Å². The van der Waals surface area contributed by atoms with Crippen molar-refractivity contribution >= 4 is 5.96 Å². The van der Waals surface area contributed by atoms with Crippen molar-refractivity contribution in [3.63, 3.8) is 0 Å². The molecule has 16 heavy (non-hydrogen) atoms. The van der Waals surface area contributed by atoms with Crippen LogP contribution < -0.4 is 10.6 Å². The normalized spacial score (nSPS) is 19.1. The van der Waals surface area contributed by atoms with Gasteiger partial charge in [-0.1, -0.05) is 13.3 Å². The van der Waals surface area contributed by atoms with Crippen molar-refractivity contribution in [2.45, 2.75) is 32.6 Å². The molecule has 1 aliphatic rings. The lowest BCUT2D eigenvalue weighted by Crippen LogP contribution is -2.46. The molecule has 0 radical (unpaired) electrons.